The first kappa shape index (κ1) is 7.54. The summed E-state index contributed by atoms with van der Waals surface area (Å²) in [4.78, 5) is 4.78. The highest BCUT2D eigenvalue weighted by Gasteiger charge is 2.29. The van der Waals surface area contributed by atoms with E-state index >= 15 is 0 Å². The highest BCUT2D eigenvalue weighted by molar-refractivity contribution is 6.44. The second-order valence-electron chi connectivity index (χ2n) is 4.12. The molecular weight excluding hydrogens is 162 g/mol. The summed E-state index contributed by atoms with van der Waals surface area (Å²) in [7, 11) is 0. The molecule has 0 bridgehead atoms. The summed E-state index contributed by atoms with van der Waals surface area (Å²) in [5.74, 6) is 0. The third kappa shape index (κ3) is 1.18. The van der Waals surface area contributed by atoms with E-state index in [-0.39, 0.29) is 0 Å². The van der Waals surface area contributed by atoms with Crippen LogP contribution in [-0.4, -0.2) is 29.1 Å². The van der Waals surface area contributed by atoms with Crippen molar-refractivity contribution >= 4 is 11.4 Å². The van der Waals surface area contributed by atoms with Crippen molar-refractivity contribution in [1.82, 2.24) is 5.01 Å². The monoisotopic (exact) mass is 177 g/mol. The summed E-state index contributed by atoms with van der Waals surface area (Å²) >= 11 is 0. The molecule has 2 heterocycles. The molecule has 13 heavy (non-hydrogen) atoms. The zero-order valence-electron chi connectivity index (χ0n) is 7.87. The Morgan fingerprint density at radius 3 is 3.00 bits per heavy atom. The van der Waals surface area contributed by atoms with Gasteiger partial charge in [-0.05, 0) is 38.5 Å². The predicted octanol–water partition coefficient (Wildman–Crippen LogP) is 1.79. The molecule has 1 atom stereocenters. The molecule has 70 valence electrons. The Morgan fingerprint density at radius 1 is 1.08 bits per heavy atom. The first-order valence-corrected chi connectivity index (χ1v) is 5.35. The number of hydrogen-bond acceptors (Lipinski definition) is 3. The van der Waals surface area contributed by atoms with Gasteiger partial charge in [0.25, 0.3) is 0 Å². The molecule has 2 aliphatic heterocycles. The first-order valence-electron chi connectivity index (χ1n) is 5.35. The number of hydrazone groups is 1. The number of nitrogens with zero attached hydrogens (tertiary/aromatic N) is 3. The fraction of sp³-hybridized carbons (Fsp3) is 0.800. The van der Waals surface area contributed by atoms with Crippen LogP contribution in [0.4, 0.5) is 0 Å². The highest BCUT2D eigenvalue weighted by Crippen LogP contribution is 2.26. The van der Waals surface area contributed by atoms with Crippen molar-refractivity contribution in [2.24, 2.45) is 10.1 Å². The van der Waals surface area contributed by atoms with Gasteiger partial charge in [0.1, 0.15) is 6.17 Å². The Labute approximate surface area is 78.5 Å². The number of fused-ring (bicyclic) bond motifs is 2. The van der Waals surface area contributed by atoms with Crippen molar-refractivity contribution in [3.63, 3.8) is 0 Å². The van der Waals surface area contributed by atoms with E-state index < -0.39 is 0 Å². The van der Waals surface area contributed by atoms with E-state index in [1.807, 2.05) is 0 Å². The largest absolute Gasteiger partial charge is 0.272 e. The minimum absolute atomic E-state index is 0.394. The highest BCUT2D eigenvalue weighted by atomic mass is 15.5. The molecule has 1 unspecified atom stereocenters. The van der Waals surface area contributed by atoms with Crippen LogP contribution in [0, 0.1) is 0 Å². The quantitative estimate of drug-likeness (QED) is 0.554. The van der Waals surface area contributed by atoms with Crippen molar-refractivity contribution in [2.45, 2.75) is 44.7 Å². The van der Waals surface area contributed by atoms with Gasteiger partial charge in [-0.25, -0.2) is 0 Å². The molecule has 3 nitrogen and oxygen atoms in total. The van der Waals surface area contributed by atoms with E-state index in [0.717, 1.165) is 13.0 Å². The maximum Gasteiger partial charge on any atom is 0.137 e. The molecule has 2 fully saturated rings. The summed E-state index contributed by atoms with van der Waals surface area (Å²) in [6, 6.07) is 0. The molecule has 1 saturated carbocycles. The van der Waals surface area contributed by atoms with Gasteiger partial charge in [-0.2, -0.15) is 5.10 Å². The minimum Gasteiger partial charge on any atom is -0.272 e. The summed E-state index contributed by atoms with van der Waals surface area (Å²) in [6.07, 6.45) is 7.80. The number of hydrogen-bond donors (Lipinski definition) is 0. The van der Waals surface area contributed by atoms with Crippen molar-refractivity contribution in [2.75, 3.05) is 6.54 Å². The summed E-state index contributed by atoms with van der Waals surface area (Å²) in [6.45, 7) is 1.12. The van der Waals surface area contributed by atoms with Gasteiger partial charge in [0, 0.05) is 6.54 Å². The molecule has 0 radical (unpaired) electrons. The second kappa shape index (κ2) is 2.82. The maximum absolute atomic E-state index is 4.78. The van der Waals surface area contributed by atoms with Crippen LogP contribution in [-0.2, 0) is 0 Å². The first-order chi connectivity index (χ1) is 6.43. The second-order valence-corrected chi connectivity index (χ2v) is 4.12. The van der Waals surface area contributed by atoms with E-state index in [2.05, 4.69) is 10.1 Å². The van der Waals surface area contributed by atoms with E-state index in [4.69, 9.17) is 4.99 Å². The third-order valence-corrected chi connectivity index (χ3v) is 3.16. The van der Waals surface area contributed by atoms with Crippen LogP contribution in [0.15, 0.2) is 10.1 Å². The lowest BCUT2D eigenvalue weighted by atomic mass is 10.1. The lowest BCUT2D eigenvalue weighted by Crippen LogP contribution is -2.39. The Hall–Kier alpha value is -0.860. The van der Waals surface area contributed by atoms with Gasteiger partial charge in [0.05, 0.1) is 11.4 Å². The SMILES string of the molecule is C1CC2=NC3CCCCN3N=C2C1. The van der Waals surface area contributed by atoms with Gasteiger partial charge >= 0.3 is 0 Å². The summed E-state index contributed by atoms with van der Waals surface area (Å²) in [5.41, 5.74) is 2.58. The lowest BCUT2D eigenvalue weighted by Gasteiger charge is -2.34. The lowest BCUT2D eigenvalue weighted by molar-refractivity contribution is 0.158. The number of aliphatic imine (C=N–C) groups is 1. The molecule has 1 saturated heterocycles. The molecule has 0 aromatic heterocycles. The Kier molecular flexibility index (Phi) is 1.64. The van der Waals surface area contributed by atoms with Crippen molar-refractivity contribution in [1.29, 1.82) is 0 Å². The molecule has 1 aliphatic carbocycles. The fourth-order valence-corrected chi connectivity index (χ4v) is 2.44. The average Bonchev–Trinajstić information content (AvgIpc) is 2.61. The van der Waals surface area contributed by atoms with Gasteiger partial charge in [0.2, 0.25) is 0 Å². The minimum atomic E-state index is 0.394. The van der Waals surface area contributed by atoms with E-state index in [9.17, 15) is 0 Å². The smallest absolute Gasteiger partial charge is 0.137 e. The molecule has 0 aromatic rings. The number of rotatable bonds is 0. The molecular formula is C10H15N3. The Balaban J connectivity index is 1.90. The van der Waals surface area contributed by atoms with Crippen LogP contribution in [0.25, 0.3) is 0 Å². The van der Waals surface area contributed by atoms with Gasteiger partial charge < -0.3 is 0 Å². The third-order valence-electron chi connectivity index (χ3n) is 3.16. The van der Waals surface area contributed by atoms with Gasteiger partial charge in [-0.15, -0.1) is 0 Å². The zero-order chi connectivity index (χ0) is 8.67. The van der Waals surface area contributed by atoms with Crippen LogP contribution < -0.4 is 0 Å². The van der Waals surface area contributed by atoms with Crippen LogP contribution in [0.2, 0.25) is 0 Å². The molecule has 3 rings (SSSR count). The Bertz CT molecular complexity index is 252. The van der Waals surface area contributed by atoms with Gasteiger partial charge in [0.15, 0.2) is 0 Å². The van der Waals surface area contributed by atoms with Gasteiger partial charge in [-0.1, -0.05) is 0 Å². The fourth-order valence-electron chi connectivity index (χ4n) is 2.44. The van der Waals surface area contributed by atoms with Crippen LogP contribution in [0.3, 0.4) is 0 Å². The van der Waals surface area contributed by atoms with Crippen LogP contribution in [0.1, 0.15) is 38.5 Å². The average molecular weight is 177 g/mol. The van der Waals surface area contributed by atoms with E-state index in [1.54, 1.807) is 0 Å². The maximum atomic E-state index is 4.78. The normalized spacial score (nSPS) is 32.0. The standard InChI is InChI=1S/C10H15N3/c1-2-7-13-10(6-1)11-8-4-3-5-9(8)12-13/h10H,1-7H2. The Morgan fingerprint density at radius 2 is 2.00 bits per heavy atom. The van der Waals surface area contributed by atoms with Crippen LogP contribution >= 0.6 is 0 Å². The molecule has 0 amide bonds. The topological polar surface area (TPSA) is 28.0 Å². The van der Waals surface area contributed by atoms with Crippen LogP contribution in [0.5, 0.6) is 0 Å². The summed E-state index contributed by atoms with van der Waals surface area (Å²) < 4.78 is 0. The van der Waals surface area contributed by atoms with Gasteiger partial charge in [-0.3, -0.25) is 10.0 Å². The molecule has 3 heteroatoms. The molecule has 3 aliphatic rings. The molecule has 0 spiro atoms. The molecule has 0 N–H and O–H groups in total. The van der Waals surface area contributed by atoms with Crippen molar-refractivity contribution < 1.29 is 0 Å². The summed E-state index contributed by atoms with van der Waals surface area (Å²) in [5, 5.41) is 6.89. The van der Waals surface area contributed by atoms with E-state index in [1.165, 1.54) is 43.5 Å². The predicted molar refractivity (Wildman–Crippen MR) is 53.1 cm³/mol. The van der Waals surface area contributed by atoms with Crippen molar-refractivity contribution in [3.05, 3.63) is 0 Å². The zero-order valence-corrected chi connectivity index (χ0v) is 7.87. The van der Waals surface area contributed by atoms with Crippen molar-refractivity contribution in [3.8, 4) is 0 Å². The molecule has 0 aromatic carbocycles. The number of piperidine rings is 1. The van der Waals surface area contributed by atoms with E-state index in [0.29, 0.717) is 6.17 Å².